The van der Waals surface area contributed by atoms with Crippen molar-refractivity contribution in [2.24, 2.45) is 0 Å². The van der Waals surface area contributed by atoms with Crippen LogP contribution in [0.5, 0.6) is 0 Å². The average Bonchev–Trinajstić information content (AvgIpc) is 2.12. The summed E-state index contributed by atoms with van der Waals surface area (Å²) in [6, 6.07) is 0. The number of H-pyrrole nitrogens is 6. The third-order valence-corrected chi connectivity index (χ3v) is 2.18. The Balaban J connectivity index is 0.000000180. The molecule has 0 atom stereocenters. The summed E-state index contributed by atoms with van der Waals surface area (Å²) in [4.78, 5) is 34.9. The highest BCUT2D eigenvalue weighted by Crippen LogP contribution is 1.79. The highest BCUT2D eigenvalue weighted by molar-refractivity contribution is 7.72. The lowest BCUT2D eigenvalue weighted by atomic mass is 11.0. The summed E-state index contributed by atoms with van der Waals surface area (Å²) in [5.74, 6) is 0. The van der Waals surface area contributed by atoms with Gasteiger partial charge in [-0.2, -0.15) is 0 Å². The Hall–Kier alpha value is -1.50. The highest BCUT2D eigenvalue weighted by Gasteiger charge is 1.82. The van der Waals surface area contributed by atoms with E-state index in [-0.39, 0.29) is 4.77 Å². The summed E-state index contributed by atoms with van der Waals surface area (Å²) in [5.41, 5.74) is -1.19. The molecule has 2 aromatic rings. The molecule has 18 heavy (non-hydrogen) atoms. The molecule has 2 aromatic heterocycles. The molecule has 0 bridgehead atoms. The van der Waals surface area contributed by atoms with Gasteiger partial charge in [0, 0.05) is 0 Å². The molecule has 6 N–H and O–H groups in total. The first kappa shape index (κ1) is 14.6. The maximum absolute atomic E-state index is 10.3. The summed E-state index contributed by atoms with van der Waals surface area (Å²) < 4.78 is 1.38. The van der Waals surface area contributed by atoms with Gasteiger partial charge in [-0.25, -0.2) is 9.59 Å². The van der Waals surface area contributed by atoms with E-state index in [0.717, 1.165) is 0 Å². The molecule has 2 heterocycles. The van der Waals surface area contributed by atoms with Crippen LogP contribution in [0, 0.1) is 19.1 Å². The number of nitrogens with one attached hydrogen (secondary N) is 6. The standard InChI is InChI=1S/C3H3N3O2S.C3H3N3S3/c2*7-1-4-2(8)6-3(9)5-1/h2*(H3,4,5,6,7,8,9). The molecular weight excluding hydrogens is 316 g/mol. The average molecular weight is 322 g/mol. The minimum atomic E-state index is -0.594. The van der Waals surface area contributed by atoms with Crippen LogP contribution in [0.15, 0.2) is 9.59 Å². The normalized spacial score (nSPS) is 9.33. The Morgan fingerprint density at radius 1 is 0.500 bits per heavy atom. The van der Waals surface area contributed by atoms with Crippen LogP contribution in [0.25, 0.3) is 0 Å². The molecule has 96 valence electrons. The number of rotatable bonds is 0. The molecule has 0 fully saturated rings. The summed E-state index contributed by atoms with van der Waals surface area (Å²) in [6.07, 6.45) is 0. The van der Waals surface area contributed by atoms with E-state index >= 15 is 0 Å². The van der Waals surface area contributed by atoms with Gasteiger partial charge in [-0.05, 0) is 48.9 Å². The van der Waals surface area contributed by atoms with Crippen molar-refractivity contribution < 1.29 is 0 Å². The van der Waals surface area contributed by atoms with E-state index < -0.39 is 11.4 Å². The van der Waals surface area contributed by atoms with Crippen LogP contribution >= 0.6 is 48.9 Å². The van der Waals surface area contributed by atoms with Crippen molar-refractivity contribution in [1.82, 2.24) is 29.9 Å². The third kappa shape index (κ3) is 5.22. The zero-order valence-corrected chi connectivity index (χ0v) is 11.7. The molecule has 0 aromatic carbocycles. The van der Waals surface area contributed by atoms with Crippen molar-refractivity contribution in [3.05, 3.63) is 40.1 Å². The van der Waals surface area contributed by atoms with Gasteiger partial charge in [-0.15, -0.1) is 0 Å². The lowest BCUT2D eigenvalue weighted by Gasteiger charge is -1.84. The lowest BCUT2D eigenvalue weighted by Crippen LogP contribution is -2.24. The number of aromatic amines is 6. The van der Waals surface area contributed by atoms with E-state index in [9.17, 15) is 9.59 Å². The SMILES string of the molecule is O=c1[nH]c(=O)[nH]c(=S)[nH]1.S=c1[nH]c(=S)[nH]c(=S)[nH]1. The molecule has 0 aliphatic rings. The van der Waals surface area contributed by atoms with Gasteiger partial charge in [-0.1, -0.05) is 0 Å². The van der Waals surface area contributed by atoms with Crippen molar-refractivity contribution in [1.29, 1.82) is 0 Å². The maximum Gasteiger partial charge on any atom is 0.329 e. The van der Waals surface area contributed by atoms with Crippen molar-refractivity contribution in [2.45, 2.75) is 0 Å². The molecule has 8 nitrogen and oxygen atoms in total. The van der Waals surface area contributed by atoms with Gasteiger partial charge in [-0.3, -0.25) is 15.0 Å². The maximum atomic E-state index is 10.3. The number of hydrogen-bond acceptors (Lipinski definition) is 6. The fraction of sp³-hybridized carbons (Fsp3) is 0. The predicted octanol–water partition coefficient (Wildman–Crippen LogP) is 0.980. The second kappa shape index (κ2) is 6.44. The van der Waals surface area contributed by atoms with Crippen LogP contribution in [0.3, 0.4) is 0 Å². The van der Waals surface area contributed by atoms with Gasteiger partial charge >= 0.3 is 11.4 Å². The first-order valence-corrected chi connectivity index (χ1v) is 5.86. The lowest BCUT2D eigenvalue weighted by molar-refractivity contribution is 0.916. The molecule has 0 radical (unpaired) electrons. The molecular formula is C6H6N6O2S4. The molecule has 0 unspecified atom stereocenters. The van der Waals surface area contributed by atoms with E-state index in [0.29, 0.717) is 14.3 Å². The van der Waals surface area contributed by atoms with Crippen LogP contribution in [0.1, 0.15) is 0 Å². The van der Waals surface area contributed by atoms with Crippen molar-refractivity contribution in [2.75, 3.05) is 0 Å². The van der Waals surface area contributed by atoms with E-state index in [2.05, 4.69) is 37.1 Å². The molecule has 12 heteroatoms. The zero-order chi connectivity index (χ0) is 13.7. The van der Waals surface area contributed by atoms with Crippen molar-refractivity contribution >= 4 is 48.9 Å². The topological polar surface area (TPSA) is 129 Å². The van der Waals surface area contributed by atoms with Gasteiger partial charge in [0.2, 0.25) is 0 Å². The van der Waals surface area contributed by atoms with Gasteiger partial charge in [0.05, 0.1) is 0 Å². The Morgan fingerprint density at radius 3 is 1.06 bits per heavy atom. The Kier molecular flexibility index (Phi) is 5.21. The van der Waals surface area contributed by atoms with Crippen LogP contribution in [0.2, 0.25) is 0 Å². The van der Waals surface area contributed by atoms with Crippen molar-refractivity contribution in [3.8, 4) is 0 Å². The first-order valence-electron chi connectivity index (χ1n) is 4.22. The summed E-state index contributed by atoms with van der Waals surface area (Å²) in [5, 5.41) is 0. The number of aromatic nitrogens is 6. The van der Waals surface area contributed by atoms with Crippen molar-refractivity contribution in [3.63, 3.8) is 0 Å². The quantitative estimate of drug-likeness (QED) is 0.401. The largest absolute Gasteiger partial charge is 0.329 e. The molecule has 0 amide bonds. The smallest absolute Gasteiger partial charge is 0.309 e. The molecule has 0 aliphatic carbocycles. The van der Waals surface area contributed by atoms with Gasteiger partial charge in [0.25, 0.3) is 0 Å². The molecule has 0 aliphatic heterocycles. The van der Waals surface area contributed by atoms with Crippen LogP contribution < -0.4 is 11.4 Å². The van der Waals surface area contributed by atoms with Crippen LogP contribution in [0.4, 0.5) is 0 Å². The molecule has 0 saturated carbocycles. The van der Waals surface area contributed by atoms with E-state index in [1.807, 2.05) is 4.98 Å². The summed E-state index contributed by atoms with van der Waals surface area (Å²) in [7, 11) is 0. The van der Waals surface area contributed by atoms with Gasteiger partial charge in [0.1, 0.15) is 0 Å². The minimum absolute atomic E-state index is 0.0313. The second-order valence-corrected chi connectivity index (χ2v) is 4.36. The molecule has 0 spiro atoms. The van der Waals surface area contributed by atoms with E-state index in [4.69, 9.17) is 36.7 Å². The zero-order valence-electron chi connectivity index (χ0n) is 8.45. The van der Waals surface area contributed by atoms with Gasteiger partial charge < -0.3 is 15.0 Å². The predicted molar refractivity (Wildman–Crippen MR) is 74.9 cm³/mol. The van der Waals surface area contributed by atoms with E-state index in [1.165, 1.54) is 0 Å². The monoisotopic (exact) mass is 322 g/mol. The Morgan fingerprint density at radius 2 is 0.778 bits per heavy atom. The fourth-order valence-corrected chi connectivity index (χ4v) is 1.80. The fourth-order valence-electron chi connectivity index (χ4n) is 0.806. The summed E-state index contributed by atoms with van der Waals surface area (Å²) in [6.45, 7) is 0. The second-order valence-electron chi connectivity index (χ2n) is 2.72. The Labute approximate surface area is 119 Å². The minimum Gasteiger partial charge on any atom is -0.309 e. The Bertz CT molecular complexity index is 633. The summed E-state index contributed by atoms with van der Waals surface area (Å²) >= 11 is 18.6. The molecule has 0 saturated heterocycles. The molecule has 2 rings (SSSR count). The third-order valence-electron chi connectivity index (χ3n) is 1.36. The van der Waals surface area contributed by atoms with Crippen LogP contribution in [-0.4, -0.2) is 29.9 Å². The van der Waals surface area contributed by atoms with Gasteiger partial charge in [0.15, 0.2) is 19.1 Å². The number of hydrogen-bond donors (Lipinski definition) is 6. The van der Waals surface area contributed by atoms with E-state index in [1.54, 1.807) is 0 Å². The highest BCUT2D eigenvalue weighted by atomic mass is 32.1. The van der Waals surface area contributed by atoms with Crippen LogP contribution in [-0.2, 0) is 0 Å². The first-order chi connectivity index (χ1) is 8.36.